The van der Waals surface area contributed by atoms with Crippen molar-refractivity contribution in [3.63, 3.8) is 0 Å². The number of amides is 1. The van der Waals surface area contributed by atoms with Crippen LogP contribution < -0.4 is 10.9 Å². The molecule has 0 aliphatic heterocycles. The molecular weight excluding hydrogens is 294 g/mol. The van der Waals surface area contributed by atoms with Gasteiger partial charge in [0.25, 0.3) is 5.56 Å². The molecule has 3 N–H and O–H groups in total. The lowest BCUT2D eigenvalue weighted by molar-refractivity contribution is -0.139. The first kappa shape index (κ1) is 15.0. The molecule has 0 fully saturated rings. The van der Waals surface area contributed by atoms with Crippen LogP contribution in [0.15, 0.2) is 29.1 Å². The zero-order valence-corrected chi connectivity index (χ0v) is 11.7. The summed E-state index contributed by atoms with van der Waals surface area (Å²) in [7, 11) is 0. The molecule has 1 unspecified atom stereocenters. The second-order valence-corrected chi connectivity index (χ2v) is 5.25. The second-order valence-electron chi connectivity index (χ2n) is 4.22. The van der Waals surface area contributed by atoms with Crippen LogP contribution in [0.2, 0.25) is 0 Å². The van der Waals surface area contributed by atoms with Crippen LogP contribution in [0.25, 0.3) is 10.9 Å². The van der Waals surface area contributed by atoms with E-state index in [4.69, 9.17) is 5.11 Å². The Kier molecular flexibility index (Phi) is 4.94. The van der Waals surface area contributed by atoms with Crippen LogP contribution in [-0.4, -0.2) is 39.2 Å². The Bertz CT molecular complexity index is 716. The fourth-order valence-corrected chi connectivity index (χ4v) is 2.67. The minimum Gasteiger partial charge on any atom is -0.480 e. The van der Waals surface area contributed by atoms with Crippen LogP contribution in [0.5, 0.6) is 0 Å². The Morgan fingerprint density at radius 1 is 1.48 bits per heavy atom. The van der Waals surface area contributed by atoms with Crippen LogP contribution in [0.4, 0.5) is 0 Å². The summed E-state index contributed by atoms with van der Waals surface area (Å²) in [5.74, 6) is -0.0943. The van der Waals surface area contributed by atoms with Gasteiger partial charge in [-0.3, -0.25) is 9.59 Å². The molecule has 2 rings (SSSR count). The normalized spacial score (nSPS) is 12.0. The minimum atomic E-state index is -1.10. The molecule has 0 aliphatic carbocycles. The highest BCUT2D eigenvalue weighted by molar-refractivity contribution is 7.98. The predicted molar refractivity (Wildman–Crippen MR) is 79.1 cm³/mol. The van der Waals surface area contributed by atoms with Crippen molar-refractivity contribution < 1.29 is 14.7 Å². The summed E-state index contributed by atoms with van der Waals surface area (Å²) in [6.45, 7) is 0. The molecule has 0 spiro atoms. The van der Waals surface area contributed by atoms with Gasteiger partial charge in [0.05, 0.1) is 16.7 Å². The molecular formula is C13H13N3O4S. The van der Waals surface area contributed by atoms with Crippen LogP contribution in [-0.2, 0) is 15.3 Å². The molecule has 0 aliphatic rings. The molecule has 8 heteroatoms. The summed E-state index contributed by atoms with van der Waals surface area (Å²) < 4.78 is 0. The Morgan fingerprint density at radius 3 is 2.95 bits per heavy atom. The van der Waals surface area contributed by atoms with Crippen molar-refractivity contribution in [3.05, 3.63) is 40.4 Å². The van der Waals surface area contributed by atoms with Crippen molar-refractivity contribution in [2.75, 3.05) is 5.75 Å². The van der Waals surface area contributed by atoms with Crippen LogP contribution >= 0.6 is 11.8 Å². The minimum absolute atomic E-state index is 0.185. The zero-order valence-electron chi connectivity index (χ0n) is 10.9. The third-order valence-electron chi connectivity index (χ3n) is 2.75. The maximum absolute atomic E-state index is 11.8. The highest BCUT2D eigenvalue weighted by atomic mass is 32.2. The number of benzene rings is 1. The van der Waals surface area contributed by atoms with E-state index in [0.717, 1.165) is 0 Å². The number of carbonyl (C=O) groups excluding carboxylic acids is 1. The number of fused-ring (bicyclic) bond motifs is 1. The van der Waals surface area contributed by atoms with Gasteiger partial charge in [0.1, 0.15) is 11.9 Å². The fourth-order valence-electron chi connectivity index (χ4n) is 1.75. The van der Waals surface area contributed by atoms with Gasteiger partial charge in [0.15, 0.2) is 0 Å². The molecule has 0 bridgehead atoms. The van der Waals surface area contributed by atoms with Gasteiger partial charge in [-0.25, -0.2) is 9.78 Å². The van der Waals surface area contributed by atoms with Crippen LogP contribution in [0, 0.1) is 0 Å². The maximum Gasteiger partial charge on any atom is 0.327 e. The number of hydrogen-bond donors (Lipinski definition) is 3. The summed E-state index contributed by atoms with van der Waals surface area (Å²) in [5, 5.41) is 11.6. The highest BCUT2D eigenvalue weighted by Gasteiger charge is 2.16. The molecule has 2 aromatic rings. The number of H-pyrrole nitrogens is 1. The van der Waals surface area contributed by atoms with Gasteiger partial charge in [-0.2, -0.15) is 11.8 Å². The van der Waals surface area contributed by atoms with E-state index in [1.54, 1.807) is 24.3 Å². The Morgan fingerprint density at radius 2 is 2.24 bits per heavy atom. The van der Waals surface area contributed by atoms with Gasteiger partial charge in [0.2, 0.25) is 6.41 Å². The van der Waals surface area contributed by atoms with Gasteiger partial charge in [-0.05, 0) is 12.1 Å². The average molecular weight is 307 g/mol. The number of nitrogens with zero attached hydrogens (tertiary/aromatic N) is 1. The molecule has 0 radical (unpaired) electrons. The number of aliphatic carboxylic acids is 1. The van der Waals surface area contributed by atoms with E-state index in [9.17, 15) is 14.4 Å². The largest absolute Gasteiger partial charge is 0.480 e. The van der Waals surface area contributed by atoms with E-state index in [1.807, 2.05) is 0 Å². The molecule has 7 nitrogen and oxygen atoms in total. The number of para-hydroxylation sites is 1. The predicted octanol–water partition coefficient (Wildman–Crippen LogP) is 0.355. The van der Waals surface area contributed by atoms with Crippen molar-refractivity contribution in [2.24, 2.45) is 0 Å². The lowest BCUT2D eigenvalue weighted by atomic mass is 10.2. The van der Waals surface area contributed by atoms with Crippen molar-refractivity contribution in [1.82, 2.24) is 15.3 Å². The summed E-state index contributed by atoms with van der Waals surface area (Å²) in [6.07, 6.45) is 0.357. The van der Waals surface area contributed by atoms with Gasteiger partial charge in [0, 0.05) is 5.75 Å². The molecule has 1 aromatic carbocycles. The van der Waals surface area contributed by atoms with Crippen molar-refractivity contribution in [2.45, 2.75) is 11.8 Å². The van der Waals surface area contributed by atoms with E-state index in [2.05, 4.69) is 15.3 Å². The molecule has 1 heterocycles. The molecule has 21 heavy (non-hydrogen) atoms. The van der Waals surface area contributed by atoms with E-state index in [0.29, 0.717) is 28.9 Å². The third-order valence-corrected chi connectivity index (χ3v) is 3.80. The highest BCUT2D eigenvalue weighted by Crippen LogP contribution is 2.12. The van der Waals surface area contributed by atoms with Crippen LogP contribution in [0.3, 0.4) is 0 Å². The lowest BCUT2D eigenvalue weighted by Gasteiger charge is -2.10. The smallest absolute Gasteiger partial charge is 0.327 e. The molecule has 1 amide bonds. The fraction of sp³-hybridized carbons (Fsp3) is 0.231. The summed E-state index contributed by atoms with van der Waals surface area (Å²) in [4.78, 5) is 40.0. The molecule has 1 aromatic heterocycles. The van der Waals surface area contributed by atoms with Crippen molar-refractivity contribution in [1.29, 1.82) is 0 Å². The summed E-state index contributed by atoms with van der Waals surface area (Å²) in [5.41, 5.74) is 0.370. The van der Waals surface area contributed by atoms with E-state index in [-0.39, 0.29) is 11.3 Å². The average Bonchev–Trinajstić information content (AvgIpc) is 2.46. The van der Waals surface area contributed by atoms with E-state index < -0.39 is 12.0 Å². The molecule has 110 valence electrons. The first-order chi connectivity index (χ1) is 10.1. The molecule has 0 saturated heterocycles. The molecule has 0 saturated carbocycles. The quantitative estimate of drug-likeness (QED) is 0.637. The Labute approximate surface area is 123 Å². The van der Waals surface area contributed by atoms with Gasteiger partial charge < -0.3 is 15.4 Å². The standard InChI is InChI=1S/C13H13N3O4S/c17-7-14-10(13(19)20)5-21-6-11-15-9-4-2-1-3-8(9)12(18)16-11/h1-4,7,10H,5-6H2,(H,14,17)(H,19,20)(H,15,16,18). The first-order valence-corrected chi connectivity index (χ1v) is 7.25. The lowest BCUT2D eigenvalue weighted by Crippen LogP contribution is -2.37. The second kappa shape index (κ2) is 6.89. The first-order valence-electron chi connectivity index (χ1n) is 6.10. The third kappa shape index (κ3) is 3.82. The monoisotopic (exact) mass is 307 g/mol. The number of aromatic nitrogens is 2. The van der Waals surface area contributed by atoms with Crippen molar-refractivity contribution in [3.8, 4) is 0 Å². The number of rotatable bonds is 7. The number of carbonyl (C=O) groups is 2. The van der Waals surface area contributed by atoms with Gasteiger partial charge in [-0.1, -0.05) is 12.1 Å². The summed E-state index contributed by atoms with van der Waals surface area (Å²) >= 11 is 1.27. The van der Waals surface area contributed by atoms with E-state index >= 15 is 0 Å². The maximum atomic E-state index is 11.8. The SMILES string of the molecule is O=CNC(CSCc1nc2ccccc2c(=O)[nH]1)C(=O)O. The number of hydrogen-bond acceptors (Lipinski definition) is 5. The number of thioether (sulfide) groups is 1. The van der Waals surface area contributed by atoms with Gasteiger partial charge >= 0.3 is 5.97 Å². The topological polar surface area (TPSA) is 112 Å². The zero-order chi connectivity index (χ0) is 15.2. The Balaban J connectivity index is 2.05. The number of aromatic amines is 1. The van der Waals surface area contributed by atoms with Gasteiger partial charge in [-0.15, -0.1) is 0 Å². The van der Waals surface area contributed by atoms with Crippen LogP contribution in [0.1, 0.15) is 5.82 Å². The van der Waals surface area contributed by atoms with E-state index in [1.165, 1.54) is 11.8 Å². The number of carboxylic acids is 1. The molecule has 1 atom stereocenters. The summed E-state index contributed by atoms with van der Waals surface area (Å²) in [6, 6.07) is 6.02. The number of carboxylic acid groups (broad SMARTS) is 1. The number of nitrogens with one attached hydrogen (secondary N) is 2. The Hall–Kier alpha value is -2.35. The van der Waals surface area contributed by atoms with Crippen molar-refractivity contribution >= 4 is 35.0 Å².